The highest BCUT2D eigenvalue weighted by Gasteiger charge is 2.24. The Kier molecular flexibility index (Phi) is 5.43. The zero-order chi connectivity index (χ0) is 18.6. The summed E-state index contributed by atoms with van der Waals surface area (Å²) >= 11 is 0. The Balaban J connectivity index is 1.43. The Bertz CT molecular complexity index is 788. The number of fused-ring (bicyclic) bond motifs is 1. The number of aromatic nitrogens is 2. The summed E-state index contributed by atoms with van der Waals surface area (Å²) in [5, 5.41) is 0. The van der Waals surface area contributed by atoms with Gasteiger partial charge in [-0.15, -0.1) is 0 Å². The maximum Gasteiger partial charge on any atom is 0.135 e. The third kappa shape index (κ3) is 3.86. The zero-order valence-electron chi connectivity index (χ0n) is 16.3. The monoisotopic (exact) mass is 368 g/mol. The highest BCUT2D eigenvalue weighted by atomic mass is 16.5. The summed E-state index contributed by atoms with van der Waals surface area (Å²) in [6.07, 6.45) is 6.46. The predicted octanol–water partition coefficient (Wildman–Crippen LogP) is 2.69. The van der Waals surface area contributed by atoms with Crippen molar-refractivity contribution >= 4 is 5.82 Å². The Morgan fingerprint density at radius 3 is 2.56 bits per heavy atom. The quantitative estimate of drug-likeness (QED) is 0.809. The maximum absolute atomic E-state index is 5.53. The fraction of sp³-hybridized carbons (Fsp3) is 0.524. The van der Waals surface area contributed by atoms with Gasteiger partial charge in [-0.2, -0.15) is 0 Å². The Morgan fingerprint density at radius 1 is 0.963 bits per heavy atom. The molecule has 6 heteroatoms. The fourth-order valence-corrected chi connectivity index (χ4v) is 4.14. The number of nitrogens with zero attached hydrogens (tertiary/aromatic N) is 4. The number of aryl methyl sites for hydroxylation is 1. The van der Waals surface area contributed by atoms with E-state index in [1.165, 1.54) is 35.5 Å². The number of rotatable bonds is 5. The van der Waals surface area contributed by atoms with Crippen molar-refractivity contribution in [1.82, 2.24) is 14.9 Å². The molecule has 1 aromatic carbocycles. The molecule has 0 amide bonds. The van der Waals surface area contributed by atoms with Gasteiger partial charge in [0.2, 0.25) is 0 Å². The average molecular weight is 368 g/mol. The molecule has 0 saturated carbocycles. The summed E-state index contributed by atoms with van der Waals surface area (Å²) in [6, 6.07) is 6.00. The van der Waals surface area contributed by atoms with Crippen LogP contribution in [-0.4, -0.2) is 55.3 Å². The summed E-state index contributed by atoms with van der Waals surface area (Å²) in [6.45, 7) is 4.89. The van der Waals surface area contributed by atoms with Crippen LogP contribution in [0.4, 0.5) is 5.82 Å². The van der Waals surface area contributed by atoms with Crippen molar-refractivity contribution in [2.75, 3.05) is 45.3 Å². The van der Waals surface area contributed by atoms with Crippen LogP contribution in [-0.2, 0) is 19.4 Å². The van der Waals surface area contributed by atoms with Crippen LogP contribution in [0.5, 0.6) is 11.5 Å². The van der Waals surface area contributed by atoms with E-state index in [0.29, 0.717) is 0 Å². The lowest BCUT2D eigenvalue weighted by atomic mass is 9.96. The Hall–Kier alpha value is -2.34. The number of hydrogen-bond donors (Lipinski definition) is 0. The van der Waals surface area contributed by atoms with Crippen molar-refractivity contribution in [3.8, 4) is 11.5 Å². The largest absolute Gasteiger partial charge is 0.497 e. The normalized spacial score (nSPS) is 17.5. The van der Waals surface area contributed by atoms with Gasteiger partial charge in [-0.1, -0.05) is 0 Å². The zero-order valence-corrected chi connectivity index (χ0v) is 16.3. The summed E-state index contributed by atoms with van der Waals surface area (Å²) in [5.74, 6) is 2.96. The van der Waals surface area contributed by atoms with Gasteiger partial charge in [0.1, 0.15) is 23.6 Å². The standard InChI is InChI=1S/C21H28N4O2/c1-26-17-7-8-20(27-2)16(13-17)14-24-9-11-25(12-10-24)21-18-5-3-4-6-19(18)22-15-23-21/h7-8,13,15H,3-6,9-12,14H2,1-2H3. The summed E-state index contributed by atoms with van der Waals surface area (Å²) in [5.41, 5.74) is 3.81. The van der Waals surface area contributed by atoms with Crippen molar-refractivity contribution in [2.24, 2.45) is 0 Å². The number of benzene rings is 1. The van der Waals surface area contributed by atoms with Crippen molar-refractivity contribution in [1.29, 1.82) is 0 Å². The van der Waals surface area contributed by atoms with Crippen LogP contribution in [0.3, 0.4) is 0 Å². The maximum atomic E-state index is 5.53. The van der Waals surface area contributed by atoms with Crippen LogP contribution < -0.4 is 14.4 Å². The molecule has 0 unspecified atom stereocenters. The van der Waals surface area contributed by atoms with Crippen LogP contribution in [0, 0.1) is 0 Å². The van der Waals surface area contributed by atoms with Crippen LogP contribution in [0.2, 0.25) is 0 Å². The van der Waals surface area contributed by atoms with Crippen molar-refractivity contribution < 1.29 is 9.47 Å². The average Bonchev–Trinajstić information content (AvgIpc) is 2.74. The van der Waals surface area contributed by atoms with Crippen LogP contribution in [0.25, 0.3) is 0 Å². The smallest absolute Gasteiger partial charge is 0.135 e. The molecule has 0 N–H and O–H groups in total. The van der Waals surface area contributed by atoms with E-state index in [0.717, 1.165) is 57.1 Å². The summed E-state index contributed by atoms with van der Waals surface area (Å²) in [7, 11) is 3.42. The topological polar surface area (TPSA) is 50.7 Å². The highest BCUT2D eigenvalue weighted by Crippen LogP contribution is 2.29. The van der Waals surface area contributed by atoms with Crippen LogP contribution in [0.15, 0.2) is 24.5 Å². The summed E-state index contributed by atoms with van der Waals surface area (Å²) in [4.78, 5) is 14.1. The molecular formula is C21H28N4O2. The van der Waals surface area contributed by atoms with E-state index in [1.807, 2.05) is 12.1 Å². The van der Waals surface area contributed by atoms with Gasteiger partial charge in [-0.25, -0.2) is 9.97 Å². The molecule has 1 aliphatic heterocycles. The molecule has 1 aromatic heterocycles. The third-order valence-corrected chi connectivity index (χ3v) is 5.66. The van der Waals surface area contributed by atoms with Crippen molar-refractivity contribution in [2.45, 2.75) is 32.2 Å². The van der Waals surface area contributed by atoms with E-state index in [1.54, 1.807) is 20.5 Å². The molecule has 0 spiro atoms. The molecule has 2 aromatic rings. The first-order chi connectivity index (χ1) is 13.3. The second-order valence-corrected chi connectivity index (χ2v) is 7.27. The number of ether oxygens (including phenoxy) is 2. The SMILES string of the molecule is COc1ccc(OC)c(CN2CCN(c3ncnc4c3CCCC4)CC2)c1. The van der Waals surface area contributed by atoms with Gasteiger partial charge >= 0.3 is 0 Å². The first kappa shape index (κ1) is 18.0. The van der Waals surface area contributed by atoms with Gasteiger partial charge in [-0.3, -0.25) is 4.90 Å². The van der Waals surface area contributed by atoms with Gasteiger partial charge in [-0.05, 0) is 43.9 Å². The van der Waals surface area contributed by atoms with E-state index < -0.39 is 0 Å². The molecular weight excluding hydrogens is 340 g/mol. The van der Waals surface area contributed by atoms with Gasteiger partial charge in [0, 0.05) is 49.5 Å². The molecule has 1 aliphatic carbocycles. The van der Waals surface area contributed by atoms with Gasteiger partial charge in [0.05, 0.1) is 14.2 Å². The fourth-order valence-electron chi connectivity index (χ4n) is 4.14. The molecule has 2 aliphatic rings. The third-order valence-electron chi connectivity index (χ3n) is 5.66. The molecule has 0 radical (unpaired) electrons. The minimum Gasteiger partial charge on any atom is -0.497 e. The number of methoxy groups -OCH3 is 2. The second kappa shape index (κ2) is 8.13. The van der Waals surface area contributed by atoms with E-state index in [2.05, 4.69) is 25.8 Å². The van der Waals surface area contributed by atoms with E-state index in [9.17, 15) is 0 Å². The highest BCUT2D eigenvalue weighted by molar-refractivity contribution is 5.50. The number of hydrogen-bond acceptors (Lipinski definition) is 6. The van der Waals surface area contributed by atoms with Gasteiger partial charge in [0.25, 0.3) is 0 Å². The van der Waals surface area contributed by atoms with Gasteiger partial charge < -0.3 is 14.4 Å². The molecule has 144 valence electrons. The molecule has 6 nitrogen and oxygen atoms in total. The van der Waals surface area contributed by atoms with E-state index in [-0.39, 0.29) is 0 Å². The molecule has 1 saturated heterocycles. The van der Waals surface area contributed by atoms with Crippen molar-refractivity contribution in [3.05, 3.63) is 41.3 Å². The first-order valence-electron chi connectivity index (χ1n) is 9.79. The lowest BCUT2D eigenvalue weighted by Crippen LogP contribution is -2.46. The molecule has 2 heterocycles. The van der Waals surface area contributed by atoms with Gasteiger partial charge in [0.15, 0.2) is 0 Å². The lowest BCUT2D eigenvalue weighted by molar-refractivity contribution is 0.245. The molecule has 4 rings (SSSR count). The lowest BCUT2D eigenvalue weighted by Gasteiger charge is -2.37. The minimum atomic E-state index is 0.871. The van der Waals surface area contributed by atoms with Crippen LogP contribution in [0.1, 0.15) is 29.7 Å². The Labute approximate surface area is 161 Å². The minimum absolute atomic E-state index is 0.871. The first-order valence-corrected chi connectivity index (χ1v) is 9.79. The summed E-state index contributed by atoms with van der Waals surface area (Å²) < 4.78 is 10.9. The molecule has 0 bridgehead atoms. The molecule has 27 heavy (non-hydrogen) atoms. The number of anilines is 1. The Morgan fingerprint density at radius 2 is 1.78 bits per heavy atom. The number of piperazine rings is 1. The molecule has 0 atom stereocenters. The van der Waals surface area contributed by atoms with E-state index >= 15 is 0 Å². The second-order valence-electron chi connectivity index (χ2n) is 7.27. The van der Waals surface area contributed by atoms with E-state index in [4.69, 9.17) is 9.47 Å². The predicted molar refractivity (Wildman–Crippen MR) is 106 cm³/mol. The van der Waals surface area contributed by atoms with Crippen LogP contribution >= 0.6 is 0 Å². The molecule has 1 fully saturated rings. The van der Waals surface area contributed by atoms with Crippen molar-refractivity contribution in [3.63, 3.8) is 0 Å².